The predicted octanol–water partition coefficient (Wildman–Crippen LogP) is 1.59. The minimum atomic E-state index is 0.530. The van der Waals surface area contributed by atoms with Gasteiger partial charge in [-0.05, 0) is 6.07 Å². The third-order valence-electron chi connectivity index (χ3n) is 1.58. The summed E-state index contributed by atoms with van der Waals surface area (Å²) >= 11 is 1.48. The first kappa shape index (κ1) is 7.83. The molecule has 2 aromatic rings. The molecule has 0 saturated heterocycles. The maximum Gasteiger partial charge on any atom is 0.119 e. The van der Waals surface area contributed by atoms with Crippen LogP contribution in [0.2, 0.25) is 0 Å². The first-order valence-corrected chi connectivity index (χ1v) is 4.47. The number of H-pyrrole nitrogens is 1. The number of aromatic nitrogens is 2. The summed E-state index contributed by atoms with van der Waals surface area (Å²) in [5.74, 6) is 0.530. The smallest absolute Gasteiger partial charge is 0.119 e. The number of rotatable bonds is 1. The fourth-order valence-electron chi connectivity index (χ4n) is 0.992. The lowest BCUT2D eigenvalue weighted by Crippen LogP contribution is -1.81. The van der Waals surface area contributed by atoms with Crippen LogP contribution in [-0.2, 0) is 0 Å². The second kappa shape index (κ2) is 2.92. The van der Waals surface area contributed by atoms with Crippen LogP contribution in [0.15, 0.2) is 17.5 Å². The summed E-state index contributed by atoms with van der Waals surface area (Å²) in [4.78, 5) is 0.949. The maximum atomic E-state index is 8.61. The van der Waals surface area contributed by atoms with Crippen molar-refractivity contribution in [1.29, 1.82) is 5.26 Å². The normalized spacial score (nSPS) is 9.77. The molecule has 0 aliphatic rings. The van der Waals surface area contributed by atoms with Gasteiger partial charge in [-0.3, -0.25) is 5.10 Å². The molecule has 0 aromatic carbocycles. The fourth-order valence-corrected chi connectivity index (χ4v) is 1.79. The summed E-state index contributed by atoms with van der Waals surface area (Å²) in [6.45, 7) is 0. The molecule has 0 spiro atoms. The molecule has 0 saturated carbocycles. The number of aromatic amines is 1. The van der Waals surface area contributed by atoms with E-state index in [0.29, 0.717) is 11.4 Å². The van der Waals surface area contributed by atoms with E-state index < -0.39 is 0 Å². The molecule has 0 aliphatic carbocycles. The zero-order valence-corrected chi connectivity index (χ0v) is 7.43. The Bertz CT molecular complexity index is 462. The molecule has 0 bridgehead atoms. The number of nitrogens with two attached hydrogens (primary N) is 1. The van der Waals surface area contributed by atoms with Gasteiger partial charge >= 0.3 is 0 Å². The van der Waals surface area contributed by atoms with Crippen LogP contribution in [0.5, 0.6) is 0 Å². The van der Waals surface area contributed by atoms with Crippen molar-refractivity contribution in [2.75, 3.05) is 5.73 Å². The van der Waals surface area contributed by atoms with Crippen LogP contribution in [0.25, 0.3) is 10.6 Å². The van der Waals surface area contributed by atoms with E-state index in [1.807, 2.05) is 0 Å². The largest absolute Gasteiger partial charge is 0.384 e. The highest BCUT2D eigenvalue weighted by molar-refractivity contribution is 7.13. The molecule has 0 radical (unpaired) electrons. The van der Waals surface area contributed by atoms with Crippen molar-refractivity contribution in [3.05, 3.63) is 23.1 Å². The standard InChI is InChI=1S/C8H6N4S/c9-3-5-1-7(13-4-5)6-2-8(10)12-11-6/h1-2,4H,(H3,10,11,12). The Hall–Kier alpha value is -1.80. The van der Waals surface area contributed by atoms with Crippen LogP contribution in [0.1, 0.15) is 5.56 Å². The van der Waals surface area contributed by atoms with Crippen molar-refractivity contribution in [2.24, 2.45) is 0 Å². The van der Waals surface area contributed by atoms with Gasteiger partial charge in [0.2, 0.25) is 0 Å². The monoisotopic (exact) mass is 190 g/mol. The Morgan fingerprint density at radius 1 is 1.54 bits per heavy atom. The first-order valence-electron chi connectivity index (χ1n) is 3.59. The minimum absolute atomic E-state index is 0.530. The lowest BCUT2D eigenvalue weighted by molar-refractivity contribution is 1.11. The van der Waals surface area contributed by atoms with Crippen molar-refractivity contribution in [3.63, 3.8) is 0 Å². The van der Waals surface area contributed by atoms with Gasteiger partial charge in [-0.15, -0.1) is 11.3 Å². The van der Waals surface area contributed by atoms with E-state index in [1.54, 1.807) is 17.5 Å². The van der Waals surface area contributed by atoms with E-state index in [9.17, 15) is 0 Å². The van der Waals surface area contributed by atoms with Crippen LogP contribution in [-0.4, -0.2) is 10.2 Å². The molecule has 0 atom stereocenters. The Labute approximate surface area is 78.6 Å². The number of hydrogen-bond donors (Lipinski definition) is 2. The predicted molar refractivity (Wildman–Crippen MR) is 51.0 cm³/mol. The van der Waals surface area contributed by atoms with Crippen LogP contribution in [0.4, 0.5) is 5.82 Å². The fraction of sp³-hybridized carbons (Fsp3) is 0. The van der Waals surface area contributed by atoms with Gasteiger partial charge in [0.15, 0.2) is 0 Å². The maximum absolute atomic E-state index is 8.61. The van der Waals surface area contributed by atoms with Crippen molar-refractivity contribution in [2.45, 2.75) is 0 Å². The number of nitrogens with zero attached hydrogens (tertiary/aromatic N) is 2. The quantitative estimate of drug-likeness (QED) is 0.716. The number of hydrogen-bond acceptors (Lipinski definition) is 4. The number of nitriles is 1. The zero-order chi connectivity index (χ0) is 9.26. The van der Waals surface area contributed by atoms with Gasteiger partial charge in [0.1, 0.15) is 17.6 Å². The molecule has 0 fully saturated rings. The lowest BCUT2D eigenvalue weighted by atomic mass is 10.3. The molecule has 3 N–H and O–H groups in total. The first-order chi connectivity index (χ1) is 6.29. The van der Waals surface area contributed by atoms with Crippen molar-refractivity contribution in [3.8, 4) is 16.6 Å². The molecular weight excluding hydrogens is 184 g/mol. The van der Waals surface area contributed by atoms with Gasteiger partial charge < -0.3 is 5.73 Å². The topological polar surface area (TPSA) is 78.5 Å². The van der Waals surface area contributed by atoms with E-state index in [1.165, 1.54) is 11.3 Å². The average molecular weight is 190 g/mol. The summed E-state index contributed by atoms with van der Waals surface area (Å²) in [6, 6.07) is 5.60. The summed E-state index contributed by atoms with van der Waals surface area (Å²) in [5, 5.41) is 17.0. The minimum Gasteiger partial charge on any atom is -0.384 e. The molecular formula is C8H6N4S. The molecule has 64 valence electrons. The number of thiophene rings is 1. The zero-order valence-electron chi connectivity index (χ0n) is 6.61. The van der Waals surface area contributed by atoms with Crippen LogP contribution in [0, 0.1) is 11.3 Å². The number of nitrogens with one attached hydrogen (secondary N) is 1. The highest BCUT2D eigenvalue weighted by Gasteiger charge is 2.04. The Morgan fingerprint density at radius 3 is 2.92 bits per heavy atom. The lowest BCUT2D eigenvalue weighted by Gasteiger charge is -1.83. The third kappa shape index (κ3) is 1.39. The van der Waals surface area contributed by atoms with Crippen molar-refractivity contribution in [1.82, 2.24) is 10.2 Å². The molecule has 13 heavy (non-hydrogen) atoms. The second-order valence-corrected chi connectivity index (χ2v) is 3.43. The highest BCUT2D eigenvalue weighted by Crippen LogP contribution is 2.25. The Kier molecular flexibility index (Phi) is 1.76. The molecule has 4 nitrogen and oxygen atoms in total. The van der Waals surface area contributed by atoms with E-state index in [-0.39, 0.29) is 0 Å². The van der Waals surface area contributed by atoms with Gasteiger partial charge in [-0.1, -0.05) is 0 Å². The molecule has 2 heterocycles. The molecule has 2 aromatic heterocycles. The van der Waals surface area contributed by atoms with Crippen molar-refractivity contribution >= 4 is 17.2 Å². The van der Waals surface area contributed by atoms with Crippen LogP contribution >= 0.6 is 11.3 Å². The molecule has 5 heteroatoms. The molecule has 0 amide bonds. The van der Waals surface area contributed by atoms with Gasteiger partial charge in [0.05, 0.1) is 10.4 Å². The van der Waals surface area contributed by atoms with Crippen LogP contribution < -0.4 is 5.73 Å². The summed E-state index contributed by atoms with van der Waals surface area (Å²) in [7, 11) is 0. The van der Waals surface area contributed by atoms with E-state index >= 15 is 0 Å². The van der Waals surface area contributed by atoms with Gasteiger partial charge in [0.25, 0.3) is 0 Å². The van der Waals surface area contributed by atoms with Crippen LogP contribution in [0.3, 0.4) is 0 Å². The average Bonchev–Trinajstić information content (AvgIpc) is 2.71. The molecule has 0 unspecified atom stereocenters. The molecule has 0 aliphatic heterocycles. The second-order valence-electron chi connectivity index (χ2n) is 2.52. The van der Waals surface area contributed by atoms with E-state index in [4.69, 9.17) is 11.0 Å². The number of nitrogen functional groups attached to an aromatic ring is 1. The summed E-state index contributed by atoms with van der Waals surface area (Å²) < 4.78 is 0. The third-order valence-corrected chi connectivity index (χ3v) is 2.53. The summed E-state index contributed by atoms with van der Waals surface area (Å²) in [6.07, 6.45) is 0. The summed E-state index contributed by atoms with van der Waals surface area (Å²) in [5.41, 5.74) is 6.91. The van der Waals surface area contributed by atoms with E-state index in [0.717, 1.165) is 10.6 Å². The van der Waals surface area contributed by atoms with Gasteiger partial charge in [-0.2, -0.15) is 10.4 Å². The Morgan fingerprint density at radius 2 is 2.38 bits per heavy atom. The van der Waals surface area contributed by atoms with Gasteiger partial charge in [-0.25, -0.2) is 0 Å². The SMILES string of the molecule is N#Cc1csc(-c2cc(N)[nH]n2)c1. The Balaban J connectivity index is 2.42. The van der Waals surface area contributed by atoms with Crippen molar-refractivity contribution < 1.29 is 0 Å². The number of anilines is 1. The van der Waals surface area contributed by atoms with Gasteiger partial charge in [0, 0.05) is 11.4 Å². The molecule has 2 rings (SSSR count). The van der Waals surface area contributed by atoms with E-state index in [2.05, 4.69) is 16.3 Å². The highest BCUT2D eigenvalue weighted by atomic mass is 32.1.